The maximum absolute atomic E-state index is 4.42. The highest BCUT2D eigenvalue weighted by molar-refractivity contribution is 5.82. The quantitative estimate of drug-likeness (QED) is 0.788. The molecule has 3 nitrogen and oxygen atoms in total. The molecule has 0 spiro atoms. The first-order valence-electron chi connectivity index (χ1n) is 6.73. The Kier molecular flexibility index (Phi) is 3.44. The Morgan fingerprint density at radius 3 is 2.60 bits per heavy atom. The van der Waals surface area contributed by atoms with Crippen LogP contribution in [0, 0.1) is 6.92 Å². The molecule has 1 N–H and O–H groups in total. The lowest BCUT2D eigenvalue weighted by atomic mass is 9.97. The molecule has 0 bridgehead atoms. The Labute approximate surface area is 118 Å². The lowest BCUT2D eigenvalue weighted by molar-refractivity contribution is 0.692. The fourth-order valence-corrected chi connectivity index (χ4v) is 2.52. The van der Waals surface area contributed by atoms with E-state index in [0.717, 1.165) is 16.8 Å². The van der Waals surface area contributed by atoms with Crippen molar-refractivity contribution in [3.63, 3.8) is 0 Å². The molecule has 100 valence electrons. The van der Waals surface area contributed by atoms with Crippen molar-refractivity contribution in [3.05, 3.63) is 71.7 Å². The van der Waals surface area contributed by atoms with Gasteiger partial charge in [-0.25, -0.2) is 0 Å². The molecule has 0 radical (unpaired) electrons. The van der Waals surface area contributed by atoms with Gasteiger partial charge < -0.3 is 5.32 Å². The standard InChI is InChI=1S/C17H17N3/c1-12-7-8-13(11-20-12)17(18-2)15-9-10-19-16-6-4-3-5-14(15)16/h3-11,17-18H,1-2H3. The molecule has 3 rings (SSSR count). The van der Waals surface area contributed by atoms with Crippen molar-refractivity contribution in [2.24, 2.45) is 0 Å². The van der Waals surface area contributed by atoms with E-state index in [1.165, 1.54) is 10.9 Å². The van der Waals surface area contributed by atoms with Crippen LogP contribution < -0.4 is 5.32 Å². The minimum Gasteiger partial charge on any atom is -0.309 e. The molecular formula is C17H17N3. The first-order valence-corrected chi connectivity index (χ1v) is 6.73. The third-order valence-corrected chi connectivity index (χ3v) is 3.55. The third kappa shape index (κ3) is 2.28. The molecule has 1 aromatic carbocycles. The molecule has 0 saturated heterocycles. The highest BCUT2D eigenvalue weighted by Gasteiger charge is 2.15. The van der Waals surface area contributed by atoms with Crippen molar-refractivity contribution in [1.82, 2.24) is 15.3 Å². The number of nitrogens with one attached hydrogen (secondary N) is 1. The number of benzene rings is 1. The van der Waals surface area contributed by atoms with Gasteiger partial charge in [-0.15, -0.1) is 0 Å². The van der Waals surface area contributed by atoms with Crippen LogP contribution in [0.1, 0.15) is 22.9 Å². The largest absolute Gasteiger partial charge is 0.309 e. The summed E-state index contributed by atoms with van der Waals surface area (Å²) in [5.74, 6) is 0. The molecule has 0 aliphatic carbocycles. The second-order valence-electron chi connectivity index (χ2n) is 4.87. The third-order valence-electron chi connectivity index (χ3n) is 3.55. The highest BCUT2D eigenvalue weighted by atomic mass is 14.9. The Morgan fingerprint density at radius 1 is 1.00 bits per heavy atom. The summed E-state index contributed by atoms with van der Waals surface area (Å²) in [6.45, 7) is 2.00. The maximum Gasteiger partial charge on any atom is 0.0705 e. The fraction of sp³-hybridized carbons (Fsp3) is 0.176. The van der Waals surface area contributed by atoms with E-state index in [9.17, 15) is 0 Å². The van der Waals surface area contributed by atoms with Gasteiger partial charge >= 0.3 is 0 Å². The molecule has 1 unspecified atom stereocenters. The number of rotatable bonds is 3. The average molecular weight is 263 g/mol. The molecule has 1 atom stereocenters. The van der Waals surface area contributed by atoms with Gasteiger partial charge in [-0.2, -0.15) is 0 Å². The van der Waals surface area contributed by atoms with Gasteiger partial charge in [-0.1, -0.05) is 24.3 Å². The lowest BCUT2D eigenvalue weighted by Crippen LogP contribution is -2.18. The SMILES string of the molecule is CNC(c1ccc(C)nc1)c1ccnc2ccccc12. The number of aromatic nitrogens is 2. The maximum atomic E-state index is 4.42. The van der Waals surface area contributed by atoms with Crippen LogP contribution in [-0.4, -0.2) is 17.0 Å². The predicted molar refractivity (Wildman–Crippen MR) is 81.6 cm³/mol. The Balaban J connectivity index is 2.14. The first kappa shape index (κ1) is 12.8. The van der Waals surface area contributed by atoms with Crippen molar-refractivity contribution >= 4 is 10.9 Å². The molecule has 2 heterocycles. The van der Waals surface area contributed by atoms with Crippen LogP contribution in [0.25, 0.3) is 10.9 Å². The highest BCUT2D eigenvalue weighted by Crippen LogP contribution is 2.27. The van der Waals surface area contributed by atoms with Gasteiger partial charge in [0.15, 0.2) is 0 Å². The van der Waals surface area contributed by atoms with E-state index >= 15 is 0 Å². The van der Waals surface area contributed by atoms with E-state index in [1.807, 2.05) is 50.6 Å². The van der Waals surface area contributed by atoms with Crippen LogP contribution >= 0.6 is 0 Å². The Morgan fingerprint density at radius 2 is 1.85 bits per heavy atom. The molecule has 3 aromatic rings. The summed E-state index contributed by atoms with van der Waals surface area (Å²) >= 11 is 0. The number of hydrogen-bond donors (Lipinski definition) is 1. The molecule has 0 saturated carbocycles. The number of aryl methyl sites for hydroxylation is 1. The number of para-hydroxylation sites is 1. The molecule has 0 fully saturated rings. The second-order valence-corrected chi connectivity index (χ2v) is 4.87. The Hall–Kier alpha value is -2.26. The Bertz CT molecular complexity index is 714. The van der Waals surface area contributed by atoms with Gasteiger partial charge in [0.2, 0.25) is 0 Å². The zero-order chi connectivity index (χ0) is 13.9. The van der Waals surface area contributed by atoms with E-state index in [2.05, 4.69) is 33.5 Å². The van der Waals surface area contributed by atoms with E-state index in [-0.39, 0.29) is 6.04 Å². The van der Waals surface area contributed by atoms with Gasteiger partial charge in [-0.3, -0.25) is 9.97 Å². The van der Waals surface area contributed by atoms with Crippen LogP contribution in [0.3, 0.4) is 0 Å². The van der Waals surface area contributed by atoms with Crippen molar-refractivity contribution < 1.29 is 0 Å². The molecular weight excluding hydrogens is 246 g/mol. The van der Waals surface area contributed by atoms with Crippen LogP contribution in [0.15, 0.2) is 54.9 Å². The van der Waals surface area contributed by atoms with Crippen molar-refractivity contribution in [2.45, 2.75) is 13.0 Å². The van der Waals surface area contributed by atoms with Gasteiger partial charge in [-0.05, 0) is 43.3 Å². The van der Waals surface area contributed by atoms with Gasteiger partial charge in [0, 0.05) is 23.5 Å². The lowest BCUT2D eigenvalue weighted by Gasteiger charge is -2.18. The smallest absolute Gasteiger partial charge is 0.0705 e. The zero-order valence-corrected chi connectivity index (χ0v) is 11.7. The van der Waals surface area contributed by atoms with E-state index in [0.29, 0.717) is 0 Å². The molecule has 2 aromatic heterocycles. The summed E-state index contributed by atoms with van der Waals surface area (Å²) in [5.41, 5.74) is 4.44. The summed E-state index contributed by atoms with van der Waals surface area (Å²) < 4.78 is 0. The predicted octanol–water partition coefficient (Wildman–Crippen LogP) is 3.25. The first-order chi connectivity index (χ1) is 9.79. The van der Waals surface area contributed by atoms with E-state index in [1.54, 1.807) is 0 Å². The molecule has 20 heavy (non-hydrogen) atoms. The minimum atomic E-state index is 0.121. The van der Waals surface area contributed by atoms with Crippen LogP contribution in [0.4, 0.5) is 0 Å². The normalized spacial score (nSPS) is 12.5. The zero-order valence-electron chi connectivity index (χ0n) is 11.7. The molecule has 0 amide bonds. The van der Waals surface area contributed by atoms with Crippen molar-refractivity contribution in [1.29, 1.82) is 0 Å². The minimum absolute atomic E-state index is 0.121. The molecule has 0 aliphatic heterocycles. The molecule has 0 aliphatic rings. The summed E-state index contributed by atoms with van der Waals surface area (Å²) in [4.78, 5) is 8.82. The fourth-order valence-electron chi connectivity index (χ4n) is 2.52. The van der Waals surface area contributed by atoms with Crippen molar-refractivity contribution in [3.8, 4) is 0 Å². The summed E-state index contributed by atoms with van der Waals surface area (Å²) in [6.07, 6.45) is 3.80. The number of fused-ring (bicyclic) bond motifs is 1. The van der Waals surface area contributed by atoms with Crippen LogP contribution in [0.5, 0.6) is 0 Å². The van der Waals surface area contributed by atoms with E-state index in [4.69, 9.17) is 0 Å². The van der Waals surface area contributed by atoms with Gasteiger partial charge in [0.25, 0.3) is 0 Å². The summed E-state index contributed by atoms with van der Waals surface area (Å²) in [5, 5.41) is 4.55. The summed E-state index contributed by atoms with van der Waals surface area (Å²) in [6, 6.07) is 14.6. The van der Waals surface area contributed by atoms with Crippen LogP contribution in [0.2, 0.25) is 0 Å². The van der Waals surface area contributed by atoms with E-state index < -0.39 is 0 Å². The average Bonchev–Trinajstić information content (AvgIpc) is 2.50. The topological polar surface area (TPSA) is 37.8 Å². The van der Waals surface area contributed by atoms with Gasteiger partial charge in [0.1, 0.15) is 0 Å². The van der Waals surface area contributed by atoms with Gasteiger partial charge in [0.05, 0.1) is 11.6 Å². The van der Waals surface area contributed by atoms with Crippen molar-refractivity contribution in [2.75, 3.05) is 7.05 Å². The summed E-state index contributed by atoms with van der Waals surface area (Å²) in [7, 11) is 1.97. The number of hydrogen-bond acceptors (Lipinski definition) is 3. The monoisotopic (exact) mass is 263 g/mol. The second kappa shape index (κ2) is 5.39. The van der Waals surface area contributed by atoms with Crippen LogP contribution in [-0.2, 0) is 0 Å². The molecule has 3 heteroatoms. The number of pyridine rings is 2. The number of nitrogens with zero attached hydrogens (tertiary/aromatic N) is 2.